The molecule has 0 amide bonds. The topological polar surface area (TPSA) is 119 Å². The Morgan fingerprint density at radius 3 is 2.67 bits per heavy atom. The van der Waals surface area contributed by atoms with Crippen LogP contribution in [0.1, 0.15) is 12.5 Å². The molecule has 0 radical (unpaired) electrons. The largest absolute Gasteiger partial charge is 0.461 e. The number of nitrogens with two attached hydrogens (primary N) is 1. The van der Waals surface area contributed by atoms with Crippen LogP contribution < -0.4 is 16.4 Å². The number of benzene rings is 1. The highest BCUT2D eigenvalue weighted by atomic mass is 16.3. The fourth-order valence-corrected chi connectivity index (χ4v) is 2.71. The van der Waals surface area contributed by atoms with E-state index in [0.717, 1.165) is 18.7 Å². The molecule has 138 valence electrons. The summed E-state index contributed by atoms with van der Waals surface area (Å²) in [5, 5.41) is 10.7. The highest BCUT2D eigenvalue weighted by Crippen LogP contribution is 2.17. The standard InChI is InChI=1S/C18H20N8O/c1-2-20-13-7-5-12(6-8-13)9-10-21-17-23-16(19)26-18(24-17)22-15(25-26)14-4-3-11-27-14/h3-8,11,20H,2,9-10H2,1H3,(H3,19,21,22,23,24,25). The van der Waals surface area contributed by atoms with Crippen LogP contribution in [-0.4, -0.2) is 37.7 Å². The molecule has 9 nitrogen and oxygen atoms in total. The van der Waals surface area contributed by atoms with Crippen LogP contribution >= 0.6 is 0 Å². The number of fused-ring (bicyclic) bond motifs is 1. The minimum absolute atomic E-state index is 0.211. The summed E-state index contributed by atoms with van der Waals surface area (Å²) >= 11 is 0. The number of nitrogen functional groups attached to an aromatic ring is 1. The first kappa shape index (κ1) is 16.8. The lowest BCUT2D eigenvalue weighted by Gasteiger charge is -2.07. The first-order valence-corrected chi connectivity index (χ1v) is 8.74. The summed E-state index contributed by atoms with van der Waals surface area (Å²) in [6.45, 7) is 3.66. The summed E-state index contributed by atoms with van der Waals surface area (Å²) < 4.78 is 6.70. The Morgan fingerprint density at radius 2 is 1.93 bits per heavy atom. The van der Waals surface area contributed by atoms with E-state index in [1.165, 1.54) is 10.1 Å². The highest BCUT2D eigenvalue weighted by molar-refractivity contribution is 5.52. The number of nitrogens with one attached hydrogen (secondary N) is 2. The molecule has 0 unspecified atom stereocenters. The molecule has 27 heavy (non-hydrogen) atoms. The zero-order valence-electron chi connectivity index (χ0n) is 14.9. The molecule has 0 aliphatic rings. The SMILES string of the molecule is CCNc1ccc(CCNc2nc(N)n3nc(-c4ccco4)nc3n2)cc1. The lowest BCUT2D eigenvalue weighted by molar-refractivity contribution is 0.577. The van der Waals surface area contributed by atoms with E-state index in [1.807, 2.05) is 0 Å². The van der Waals surface area contributed by atoms with Crippen LogP contribution in [0.15, 0.2) is 47.1 Å². The molecule has 0 saturated heterocycles. The van der Waals surface area contributed by atoms with Crippen molar-refractivity contribution in [2.24, 2.45) is 0 Å². The lowest BCUT2D eigenvalue weighted by Crippen LogP contribution is -2.12. The van der Waals surface area contributed by atoms with Crippen molar-refractivity contribution < 1.29 is 4.42 Å². The number of aromatic nitrogens is 5. The molecule has 0 bridgehead atoms. The molecule has 0 fully saturated rings. The van der Waals surface area contributed by atoms with Crippen molar-refractivity contribution in [3.8, 4) is 11.6 Å². The van der Waals surface area contributed by atoms with Gasteiger partial charge in [-0.15, -0.1) is 5.10 Å². The average molecular weight is 364 g/mol. The van der Waals surface area contributed by atoms with Crippen molar-refractivity contribution in [3.05, 3.63) is 48.2 Å². The molecule has 4 rings (SSSR count). The minimum atomic E-state index is 0.211. The number of rotatable bonds is 7. The number of hydrogen-bond donors (Lipinski definition) is 3. The summed E-state index contributed by atoms with van der Waals surface area (Å²) in [6, 6.07) is 11.9. The second-order valence-electron chi connectivity index (χ2n) is 5.93. The predicted molar refractivity (Wildman–Crippen MR) is 103 cm³/mol. The molecule has 4 N–H and O–H groups in total. The molecule has 3 heterocycles. The molecular weight excluding hydrogens is 344 g/mol. The number of nitrogens with zero attached hydrogens (tertiary/aromatic N) is 5. The molecule has 0 saturated carbocycles. The lowest BCUT2D eigenvalue weighted by atomic mass is 10.1. The van der Waals surface area contributed by atoms with E-state index in [-0.39, 0.29) is 5.95 Å². The Hall–Kier alpha value is -3.62. The van der Waals surface area contributed by atoms with Crippen LogP contribution in [0.25, 0.3) is 17.4 Å². The number of furan rings is 1. The Morgan fingerprint density at radius 1 is 1.07 bits per heavy atom. The zero-order chi connectivity index (χ0) is 18.6. The second kappa shape index (κ2) is 7.32. The summed E-state index contributed by atoms with van der Waals surface area (Å²) in [6.07, 6.45) is 2.40. The first-order chi connectivity index (χ1) is 13.2. The van der Waals surface area contributed by atoms with Gasteiger partial charge in [-0.2, -0.15) is 19.5 Å². The Kier molecular flexibility index (Phi) is 4.56. The molecule has 3 aromatic heterocycles. The van der Waals surface area contributed by atoms with E-state index in [2.05, 4.69) is 61.9 Å². The second-order valence-corrected chi connectivity index (χ2v) is 5.93. The maximum Gasteiger partial charge on any atom is 0.259 e. The van der Waals surface area contributed by atoms with Crippen LogP contribution in [-0.2, 0) is 6.42 Å². The van der Waals surface area contributed by atoms with Crippen molar-refractivity contribution in [1.82, 2.24) is 24.6 Å². The third kappa shape index (κ3) is 3.66. The van der Waals surface area contributed by atoms with Gasteiger partial charge in [0, 0.05) is 18.8 Å². The van der Waals surface area contributed by atoms with Crippen molar-refractivity contribution in [2.75, 3.05) is 29.5 Å². The number of hydrogen-bond acceptors (Lipinski definition) is 8. The van der Waals surface area contributed by atoms with E-state index in [4.69, 9.17) is 10.2 Å². The molecule has 9 heteroatoms. The van der Waals surface area contributed by atoms with Gasteiger partial charge in [0.1, 0.15) is 0 Å². The van der Waals surface area contributed by atoms with Crippen molar-refractivity contribution in [2.45, 2.75) is 13.3 Å². The van der Waals surface area contributed by atoms with Crippen LogP contribution in [0, 0.1) is 0 Å². The molecule has 0 spiro atoms. The van der Waals surface area contributed by atoms with Gasteiger partial charge in [0.05, 0.1) is 6.26 Å². The van der Waals surface area contributed by atoms with Crippen LogP contribution in [0.2, 0.25) is 0 Å². The van der Waals surface area contributed by atoms with Gasteiger partial charge in [-0.25, -0.2) is 0 Å². The molecule has 0 aliphatic carbocycles. The molecular formula is C18H20N8O. The summed E-state index contributed by atoms with van der Waals surface area (Å²) in [5.74, 6) is 1.96. The van der Waals surface area contributed by atoms with Crippen LogP contribution in [0.4, 0.5) is 17.6 Å². The van der Waals surface area contributed by atoms with Gasteiger partial charge in [-0.1, -0.05) is 12.1 Å². The molecule has 0 aliphatic heterocycles. The van der Waals surface area contributed by atoms with E-state index in [0.29, 0.717) is 29.9 Å². The highest BCUT2D eigenvalue weighted by Gasteiger charge is 2.13. The van der Waals surface area contributed by atoms with Crippen molar-refractivity contribution in [1.29, 1.82) is 0 Å². The van der Waals surface area contributed by atoms with Gasteiger partial charge < -0.3 is 20.8 Å². The van der Waals surface area contributed by atoms with E-state index < -0.39 is 0 Å². The van der Waals surface area contributed by atoms with Crippen molar-refractivity contribution in [3.63, 3.8) is 0 Å². The van der Waals surface area contributed by atoms with E-state index >= 15 is 0 Å². The summed E-state index contributed by atoms with van der Waals surface area (Å²) in [4.78, 5) is 13.0. The Bertz CT molecular complexity index is 1020. The quantitative estimate of drug-likeness (QED) is 0.457. The Labute approximate surface area is 155 Å². The summed E-state index contributed by atoms with van der Waals surface area (Å²) in [5.41, 5.74) is 8.33. The van der Waals surface area contributed by atoms with Gasteiger partial charge in [0.2, 0.25) is 17.7 Å². The number of anilines is 3. The first-order valence-electron chi connectivity index (χ1n) is 8.74. The third-order valence-electron chi connectivity index (χ3n) is 4.01. The van der Waals surface area contributed by atoms with Crippen LogP contribution in [0.5, 0.6) is 0 Å². The molecule has 4 aromatic rings. The predicted octanol–water partition coefficient (Wildman–Crippen LogP) is 2.45. The van der Waals surface area contributed by atoms with Crippen LogP contribution in [0.3, 0.4) is 0 Å². The fourth-order valence-electron chi connectivity index (χ4n) is 2.71. The average Bonchev–Trinajstić information content (AvgIpc) is 3.33. The maximum absolute atomic E-state index is 5.98. The smallest absolute Gasteiger partial charge is 0.259 e. The van der Waals surface area contributed by atoms with E-state index in [1.54, 1.807) is 18.4 Å². The minimum Gasteiger partial charge on any atom is -0.461 e. The molecule has 1 aromatic carbocycles. The van der Waals surface area contributed by atoms with Gasteiger partial charge in [0.15, 0.2) is 5.76 Å². The summed E-state index contributed by atoms with van der Waals surface area (Å²) in [7, 11) is 0. The monoisotopic (exact) mass is 364 g/mol. The third-order valence-corrected chi connectivity index (χ3v) is 4.01. The van der Waals surface area contributed by atoms with Gasteiger partial charge in [-0.05, 0) is 43.2 Å². The van der Waals surface area contributed by atoms with Gasteiger partial charge >= 0.3 is 0 Å². The normalized spacial score (nSPS) is 11.0. The zero-order valence-corrected chi connectivity index (χ0v) is 14.9. The Balaban J connectivity index is 1.44. The van der Waals surface area contributed by atoms with Crippen molar-refractivity contribution >= 4 is 23.4 Å². The van der Waals surface area contributed by atoms with E-state index in [9.17, 15) is 0 Å². The van der Waals surface area contributed by atoms with Gasteiger partial charge in [0.25, 0.3) is 5.78 Å². The van der Waals surface area contributed by atoms with Gasteiger partial charge in [-0.3, -0.25) is 0 Å². The molecule has 0 atom stereocenters. The maximum atomic E-state index is 5.98. The fraction of sp³-hybridized carbons (Fsp3) is 0.222.